The van der Waals surface area contributed by atoms with Gasteiger partial charge in [0, 0.05) is 13.1 Å². The number of morpholine rings is 1. The van der Waals surface area contributed by atoms with E-state index in [1.165, 1.54) is 18.3 Å². The monoisotopic (exact) mass is 361 g/mol. The van der Waals surface area contributed by atoms with Crippen LogP contribution in [0.5, 0.6) is 0 Å². The van der Waals surface area contributed by atoms with Crippen molar-refractivity contribution in [2.45, 2.75) is 25.9 Å². The van der Waals surface area contributed by atoms with Crippen LogP contribution in [0.2, 0.25) is 0 Å². The van der Waals surface area contributed by atoms with Gasteiger partial charge < -0.3 is 14.7 Å². The number of aliphatic carboxylic acids is 1. The van der Waals surface area contributed by atoms with Crippen LogP contribution < -0.4 is 0 Å². The summed E-state index contributed by atoms with van der Waals surface area (Å²) in [4.78, 5) is 25.4. The minimum atomic E-state index is -0.956. The van der Waals surface area contributed by atoms with Crippen LogP contribution in [0.25, 0.3) is 5.69 Å². The molecule has 1 aromatic heterocycles. The Morgan fingerprint density at radius 3 is 2.73 bits per heavy atom. The number of carbonyl (C=O) groups excluding carboxylic acids is 1. The highest BCUT2D eigenvalue weighted by Gasteiger charge is 2.29. The highest BCUT2D eigenvalue weighted by atomic mass is 19.1. The Morgan fingerprint density at radius 2 is 2.08 bits per heavy atom. The standard InChI is InChI=1S/C18H20FN3O4/c1-2-16-15(10-20-22(16)13-5-3-12(19)4-6-13)18(25)21-7-8-26-14(11-21)9-17(23)24/h3-6,10,14H,2,7-9,11H2,1H3,(H,23,24). The van der Waals surface area contributed by atoms with Crippen LogP contribution in [0, 0.1) is 5.82 Å². The third-order valence-corrected chi connectivity index (χ3v) is 4.33. The molecule has 0 aliphatic carbocycles. The van der Waals surface area contributed by atoms with Crippen molar-refractivity contribution in [2.24, 2.45) is 0 Å². The lowest BCUT2D eigenvalue weighted by Gasteiger charge is -2.32. The zero-order valence-corrected chi connectivity index (χ0v) is 14.4. The lowest BCUT2D eigenvalue weighted by atomic mass is 10.1. The molecule has 1 unspecified atom stereocenters. The summed E-state index contributed by atoms with van der Waals surface area (Å²) in [5.74, 6) is -1.50. The van der Waals surface area contributed by atoms with Crippen LogP contribution >= 0.6 is 0 Å². The van der Waals surface area contributed by atoms with E-state index in [-0.39, 0.29) is 24.7 Å². The fraction of sp³-hybridized carbons (Fsp3) is 0.389. The Bertz CT molecular complexity index is 803. The number of nitrogens with zero attached hydrogens (tertiary/aromatic N) is 3. The molecule has 1 atom stereocenters. The van der Waals surface area contributed by atoms with Crippen LogP contribution in [-0.4, -0.2) is 57.5 Å². The summed E-state index contributed by atoms with van der Waals surface area (Å²) in [7, 11) is 0. The van der Waals surface area contributed by atoms with Crippen LogP contribution in [0.1, 0.15) is 29.4 Å². The first-order chi connectivity index (χ1) is 12.5. The van der Waals surface area contributed by atoms with Crippen molar-refractivity contribution in [1.82, 2.24) is 14.7 Å². The van der Waals surface area contributed by atoms with E-state index in [9.17, 15) is 14.0 Å². The number of halogens is 1. The van der Waals surface area contributed by atoms with E-state index in [4.69, 9.17) is 9.84 Å². The summed E-state index contributed by atoms with van der Waals surface area (Å²) < 4.78 is 20.2. The van der Waals surface area contributed by atoms with Gasteiger partial charge in [-0.15, -0.1) is 0 Å². The Labute approximate surface area is 150 Å². The number of carboxylic acids is 1. The molecule has 0 bridgehead atoms. The van der Waals surface area contributed by atoms with Gasteiger partial charge in [-0.1, -0.05) is 6.92 Å². The fourth-order valence-electron chi connectivity index (χ4n) is 3.09. The maximum Gasteiger partial charge on any atom is 0.306 e. The molecule has 1 aliphatic rings. The molecule has 1 fully saturated rings. The van der Waals surface area contributed by atoms with E-state index >= 15 is 0 Å². The summed E-state index contributed by atoms with van der Waals surface area (Å²) in [6.45, 7) is 2.85. The number of carbonyl (C=O) groups is 2. The topological polar surface area (TPSA) is 84.7 Å². The van der Waals surface area contributed by atoms with Gasteiger partial charge in [0.1, 0.15) is 5.82 Å². The predicted octanol–water partition coefficient (Wildman–Crippen LogP) is 1.89. The summed E-state index contributed by atoms with van der Waals surface area (Å²) in [5.41, 5.74) is 1.86. The molecular weight excluding hydrogens is 341 g/mol. The van der Waals surface area contributed by atoms with Crippen molar-refractivity contribution in [3.8, 4) is 5.69 Å². The first-order valence-corrected chi connectivity index (χ1v) is 8.45. The number of aromatic nitrogens is 2. The molecule has 7 nitrogen and oxygen atoms in total. The lowest BCUT2D eigenvalue weighted by Crippen LogP contribution is -2.46. The average molecular weight is 361 g/mol. The number of hydrogen-bond acceptors (Lipinski definition) is 4. The van der Waals surface area contributed by atoms with Crippen molar-refractivity contribution in [3.05, 3.63) is 47.5 Å². The molecule has 2 aromatic rings. The SMILES string of the molecule is CCc1c(C(=O)N2CCOC(CC(=O)O)C2)cnn1-c1ccc(F)cc1. The Balaban J connectivity index is 1.83. The van der Waals surface area contributed by atoms with Gasteiger partial charge in [0.05, 0.1) is 42.3 Å². The second-order valence-corrected chi connectivity index (χ2v) is 6.09. The Hall–Kier alpha value is -2.74. The van der Waals surface area contributed by atoms with Gasteiger partial charge in [-0.05, 0) is 30.7 Å². The molecule has 2 heterocycles. The molecule has 1 N–H and O–H groups in total. The molecule has 26 heavy (non-hydrogen) atoms. The van der Waals surface area contributed by atoms with Gasteiger partial charge in [0.15, 0.2) is 0 Å². The number of rotatable bonds is 5. The van der Waals surface area contributed by atoms with Crippen LogP contribution in [0.4, 0.5) is 4.39 Å². The van der Waals surface area contributed by atoms with Gasteiger partial charge >= 0.3 is 5.97 Å². The normalized spacial score (nSPS) is 17.3. The molecular formula is C18H20FN3O4. The van der Waals surface area contributed by atoms with Crippen LogP contribution in [0.3, 0.4) is 0 Å². The molecule has 138 valence electrons. The van der Waals surface area contributed by atoms with Gasteiger partial charge in [0.25, 0.3) is 5.91 Å². The maximum atomic E-state index is 13.1. The quantitative estimate of drug-likeness (QED) is 0.879. The van der Waals surface area contributed by atoms with Crippen LogP contribution in [0.15, 0.2) is 30.5 Å². The van der Waals surface area contributed by atoms with E-state index in [1.807, 2.05) is 6.92 Å². The first kappa shape index (κ1) is 18.1. The molecule has 0 radical (unpaired) electrons. The Kier molecular flexibility index (Phi) is 5.32. The highest BCUT2D eigenvalue weighted by molar-refractivity contribution is 5.95. The van der Waals surface area contributed by atoms with Gasteiger partial charge in [-0.3, -0.25) is 9.59 Å². The highest BCUT2D eigenvalue weighted by Crippen LogP contribution is 2.20. The van der Waals surface area contributed by atoms with E-state index in [0.29, 0.717) is 30.8 Å². The minimum absolute atomic E-state index is 0.140. The molecule has 8 heteroatoms. The van der Waals surface area contributed by atoms with E-state index in [2.05, 4.69) is 5.10 Å². The largest absolute Gasteiger partial charge is 0.481 e. The van der Waals surface area contributed by atoms with E-state index in [0.717, 1.165) is 5.69 Å². The molecule has 1 aliphatic heterocycles. The van der Waals surface area contributed by atoms with E-state index < -0.39 is 12.1 Å². The molecule has 1 aromatic carbocycles. The van der Waals surface area contributed by atoms with Gasteiger partial charge in [-0.2, -0.15) is 5.10 Å². The van der Waals surface area contributed by atoms with Crippen molar-refractivity contribution in [3.63, 3.8) is 0 Å². The molecule has 3 rings (SSSR count). The zero-order chi connectivity index (χ0) is 18.7. The van der Waals surface area contributed by atoms with E-state index in [1.54, 1.807) is 21.7 Å². The predicted molar refractivity (Wildman–Crippen MR) is 90.8 cm³/mol. The minimum Gasteiger partial charge on any atom is -0.481 e. The number of benzene rings is 1. The number of hydrogen-bond donors (Lipinski definition) is 1. The van der Waals surface area contributed by atoms with Crippen molar-refractivity contribution in [1.29, 1.82) is 0 Å². The zero-order valence-electron chi connectivity index (χ0n) is 14.4. The summed E-state index contributed by atoms with van der Waals surface area (Å²) >= 11 is 0. The fourth-order valence-corrected chi connectivity index (χ4v) is 3.09. The third-order valence-electron chi connectivity index (χ3n) is 4.33. The second kappa shape index (κ2) is 7.65. The summed E-state index contributed by atoms with van der Waals surface area (Å²) in [5, 5.41) is 13.2. The average Bonchev–Trinajstić information content (AvgIpc) is 3.05. The lowest BCUT2D eigenvalue weighted by molar-refractivity contribution is -0.141. The van der Waals surface area contributed by atoms with Crippen LogP contribution in [-0.2, 0) is 16.0 Å². The molecule has 1 amide bonds. The molecule has 0 saturated carbocycles. The first-order valence-electron chi connectivity index (χ1n) is 8.45. The number of carboxylic acid groups (broad SMARTS) is 1. The van der Waals surface area contributed by atoms with Gasteiger partial charge in [0.2, 0.25) is 0 Å². The van der Waals surface area contributed by atoms with Crippen molar-refractivity contribution >= 4 is 11.9 Å². The van der Waals surface area contributed by atoms with Gasteiger partial charge in [-0.25, -0.2) is 9.07 Å². The number of amides is 1. The Morgan fingerprint density at radius 1 is 1.35 bits per heavy atom. The smallest absolute Gasteiger partial charge is 0.306 e. The molecule has 1 saturated heterocycles. The third kappa shape index (κ3) is 3.75. The summed E-state index contributed by atoms with van der Waals surface area (Å²) in [6.07, 6.45) is 1.43. The molecule has 0 spiro atoms. The summed E-state index contributed by atoms with van der Waals surface area (Å²) in [6, 6.07) is 5.90. The number of ether oxygens (including phenoxy) is 1. The maximum absolute atomic E-state index is 13.1. The van der Waals surface area contributed by atoms with Crippen molar-refractivity contribution in [2.75, 3.05) is 19.7 Å². The van der Waals surface area contributed by atoms with Crippen molar-refractivity contribution < 1.29 is 23.8 Å². The second-order valence-electron chi connectivity index (χ2n) is 6.09.